The third-order valence-electron chi connectivity index (χ3n) is 5.49. The molecule has 0 saturated heterocycles. The second kappa shape index (κ2) is 7.41. The van der Waals surface area contributed by atoms with Gasteiger partial charge in [0.1, 0.15) is 27.7 Å². The van der Waals surface area contributed by atoms with E-state index in [-0.39, 0.29) is 23.6 Å². The number of carbonyl (C=O) groups excluding carboxylic acids is 1. The number of anilines is 1. The van der Waals surface area contributed by atoms with E-state index in [1.807, 2.05) is 0 Å². The number of nitrogens with one attached hydrogen (secondary N) is 1. The molecule has 3 rings (SSSR count). The lowest BCUT2D eigenvalue weighted by Crippen LogP contribution is -2.50. The van der Waals surface area contributed by atoms with Crippen molar-refractivity contribution in [3.05, 3.63) is 46.9 Å². The quantitative estimate of drug-likeness (QED) is 0.736. The molecule has 11 heteroatoms. The van der Waals surface area contributed by atoms with Crippen LogP contribution in [0.4, 0.5) is 10.1 Å². The average Bonchev–Trinajstić information content (AvgIpc) is 2.98. The number of oxazole rings is 1. The predicted molar refractivity (Wildman–Crippen MR) is 115 cm³/mol. The van der Waals surface area contributed by atoms with Crippen LogP contribution in [0.5, 0.6) is 0 Å². The van der Waals surface area contributed by atoms with Crippen LogP contribution in [0.1, 0.15) is 48.5 Å². The first-order chi connectivity index (χ1) is 14.2. The fourth-order valence-corrected chi connectivity index (χ4v) is 5.08. The summed E-state index contributed by atoms with van der Waals surface area (Å²) >= 11 is 0. The van der Waals surface area contributed by atoms with Crippen LogP contribution in [0.25, 0.3) is 0 Å². The molecule has 0 fully saturated rings. The van der Waals surface area contributed by atoms with Gasteiger partial charge >= 0.3 is 0 Å². The molecule has 0 aliphatic carbocycles. The van der Waals surface area contributed by atoms with Crippen molar-refractivity contribution >= 4 is 27.5 Å². The monoisotopic (exact) mass is 451 g/mol. The number of halogens is 1. The van der Waals surface area contributed by atoms with Crippen LogP contribution < -0.4 is 11.1 Å². The Bertz CT molecular complexity index is 1190. The van der Waals surface area contributed by atoms with Crippen LogP contribution in [-0.4, -0.2) is 47.8 Å². The first-order valence-electron chi connectivity index (χ1n) is 9.56. The Morgan fingerprint density at radius 1 is 1.29 bits per heavy atom. The van der Waals surface area contributed by atoms with Crippen molar-refractivity contribution < 1.29 is 22.0 Å². The number of likely N-dealkylation sites (N-methyl/N-ethyl adjacent to an activating group) is 1. The summed E-state index contributed by atoms with van der Waals surface area (Å²) in [7, 11) is -2.41. The van der Waals surface area contributed by atoms with Crippen molar-refractivity contribution in [3.63, 3.8) is 0 Å². The van der Waals surface area contributed by atoms with E-state index < -0.39 is 32.0 Å². The van der Waals surface area contributed by atoms with Gasteiger partial charge in [0, 0.05) is 31.8 Å². The minimum absolute atomic E-state index is 0.0982. The van der Waals surface area contributed by atoms with E-state index in [1.54, 1.807) is 20.8 Å². The molecular weight excluding hydrogens is 425 g/mol. The summed E-state index contributed by atoms with van der Waals surface area (Å²) in [6.45, 7) is 7.63. The smallest absolute Gasteiger partial charge is 0.277 e. The predicted octanol–water partition coefficient (Wildman–Crippen LogP) is 2.31. The number of nitrogens with two attached hydrogens (primary N) is 1. The number of benzene rings is 1. The normalized spacial score (nSPS) is 23.1. The molecule has 1 aliphatic rings. The Kier molecular flexibility index (Phi) is 5.47. The molecule has 31 heavy (non-hydrogen) atoms. The number of rotatable bonds is 3. The van der Waals surface area contributed by atoms with Crippen LogP contribution in [0.15, 0.2) is 27.6 Å². The maximum absolute atomic E-state index is 14.9. The van der Waals surface area contributed by atoms with Crippen molar-refractivity contribution in [2.75, 3.05) is 18.9 Å². The fraction of sp³-hybridized carbons (Fsp3) is 0.450. The van der Waals surface area contributed by atoms with Gasteiger partial charge in [0.05, 0.1) is 0 Å². The number of carbonyl (C=O) groups is 1. The highest BCUT2D eigenvalue weighted by atomic mass is 32.2. The van der Waals surface area contributed by atoms with Gasteiger partial charge in [0.25, 0.3) is 5.91 Å². The van der Waals surface area contributed by atoms with E-state index in [4.69, 9.17) is 10.2 Å². The summed E-state index contributed by atoms with van der Waals surface area (Å²) in [5.41, 5.74) is 5.26. The summed E-state index contributed by atoms with van der Waals surface area (Å²) < 4.78 is 45.6. The van der Waals surface area contributed by atoms with Gasteiger partial charge in [-0.3, -0.25) is 9.79 Å². The average molecular weight is 452 g/mol. The Balaban J connectivity index is 2.04. The fourth-order valence-electron chi connectivity index (χ4n) is 3.57. The number of aromatic nitrogens is 1. The van der Waals surface area contributed by atoms with E-state index >= 15 is 0 Å². The van der Waals surface area contributed by atoms with Gasteiger partial charge in [-0.1, -0.05) is 0 Å². The molecule has 1 aromatic carbocycles. The number of amidine groups is 1. The molecule has 0 radical (unpaired) electrons. The topological polar surface area (TPSA) is 131 Å². The molecule has 1 aromatic heterocycles. The SMILES string of the molecule is Cc1nc(C(=O)Nc2ccc(F)c(C3(C)CN(C)S(=O)(=O)C(C)(C)C(N)=N3)c2)c(C)o1. The summed E-state index contributed by atoms with van der Waals surface area (Å²) in [6, 6.07) is 4.01. The van der Waals surface area contributed by atoms with Crippen LogP contribution in [0, 0.1) is 19.7 Å². The molecular formula is C20H26FN5O4S. The molecule has 3 N–H and O–H groups in total. The number of hydrogen-bond acceptors (Lipinski definition) is 7. The maximum atomic E-state index is 14.9. The van der Waals surface area contributed by atoms with Gasteiger partial charge in [0.2, 0.25) is 10.0 Å². The van der Waals surface area contributed by atoms with Gasteiger partial charge < -0.3 is 15.5 Å². The van der Waals surface area contributed by atoms with Gasteiger partial charge in [-0.25, -0.2) is 22.1 Å². The number of aryl methyl sites for hydroxylation is 2. The summed E-state index contributed by atoms with van der Waals surface area (Å²) in [4.78, 5) is 21.0. The van der Waals surface area contributed by atoms with Gasteiger partial charge in [0.15, 0.2) is 11.6 Å². The lowest BCUT2D eigenvalue weighted by atomic mass is 9.91. The minimum Gasteiger partial charge on any atom is -0.445 e. The summed E-state index contributed by atoms with van der Waals surface area (Å²) in [6.07, 6.45) is 0. The molecule has 1 amide bonds. The van der Waals surface area contributed by atoms with E-state index in [1.165, 1.54) is 39.1 Å². The standard InChI is InChI=1S/C20H26FN5O4S/c1-11-16(23-12(2)30-11)17(27)24-13-7-8-15(21)14(9-13)20(5)10-26(6)31(28,29)19(3,4)18(22)25-20/h7-9H,10H2,1-6H3,(H2,22,25)(H,24,27). The van der Waals surface area contributed by atoms with E-state index in [0.29, 0.717) is 17.3 Å². The largest absolute Gasteiger partial charge is 0.445 e. The van der Waals surface area contributed by atoms with Gasteiger partial charge in [-0.05, 0) is 45.9 Å². The zero-order valence-electron chi connectivity index (χ0n) is 18.3. The van der Waals surface area contributed by atoms with Gasteiger partial charge in [-0.2, -0.15) is 0 Å². The summed E-state index contributed by atoms with van der Waals surface area (Å²) in [5, 5.41) is 2.67. The molecule has 9 nitrogen and oxygen atoms in total. The molecule has 0 spiro atoms. The molecule has 0 saturated carbocycles. The molecule has 1 aliphatic heterocycles. The van der Waals surface area contributed by atoms with Crippen molar-refractivity contribution in [2.24, 2.45) is 10.7 Å². The number of sulfonamides is 1. The van der Waals surface area contributed by atoms with Crippen LogP contribution in [0.2, 0.25) is 0 Å². The van der Waals surface area contributed by atoms with E-state index in [0.717, 1.165) is 4.31 Å². The van der Waals surface area contributed by atoms with Crippen LogP contribution >= 0.6 is 0 Å². The first kappa shape index (κ1) is 22.9. The van der Waals surface area contributed by atoms with Crippen molar-refractivity contribution in [1.82, 2.24) is 9.29 Å². The molecule has 0 bridgehead atoms. The van der Waals surface area contributed by atoms with Crippen molar-refractivity contribution in [1.29, 1.82) is 0 Å². The highest BCUT2D eigenvalue weighted by Gasteiger charge is 2.48. The van der Waals surface area contributed by atoms with E-state index in [9.17, 15) is 17.6 Å². The Morgan fingerprint density at radius 3 is 2.52 bits per heavy atom. The molecule has 1 unspecified atom stereocenters. The zero-order chi connectivity index (χ0) is 23.4. The Labute approximate surface area is 180 Å². The van der Waals surface area contributed by atoms with Gasteiger partial charge in [-0.15, -0.1) is 0 Å². The highest BCUT2D eigenvalue weighted by molar-refractivity contribution is 7.91. The molecule has 168 valence electrons. The Hall–Kier alpha value is -2.79. The molecule has 2 heterocycles. The lowest BCUT2D eigenvalue weighted by Gasteiger charge is -2.29. The molecule has 2 aromatic rings. The number of amides is 1. The van der Waals surface area contributed by atoms with Crippen molar-refractivity contribution in [3.8, 4) is 0 Å². The van der Waals surface area contributed by atoms with Crippen LogP contribution in [-0.2, 0) is 15.6 Å². The summed E-state index contributed by atoms with van der Waals surface area (Å²) in [5.74, 6) is -0.524. The number of nitrogens with zero attached hydrogens (tertiary/aromatic N) is 3. The third-order valence-corrected chi connectivity index (χ3v) is 7.94. The zero-order valence-corrected chi connectivity index (χ0v) is 19.1. The number of hydrogen-bond donors (Lipinski definition) is 2. The number of aliphatic imine (C=N–C) groups is 1. The second-order valence-electron chi connectivity index (χ2n) is 8.33. The minimum atomic E-state index is -3.82. The first-order valence-corrected chi connectivity index (χ1v) is 11.0. The second-order valence-corrected chi connectivity index (χ2v) is 10.9. The van der Waals surface area contributed by atoms with Crippen LogP contribution in [0.3, 0.4) is 0 Å². The highest BCUT2D eigenvalue weighted by Crippen LogP contribution is 2.36. The molecule has 1 atom stereocenters. The maximum Gasteiger partial charge on any atom is 0.277 e. The Morgan fingerprint density at radius 2 is 1.94 bits per heavy atom. The van der Waals surface area contributed by atoms with Crippen molar-refractivity contribution in [2.45, 2.75) is 44.9 Å². The third kappa shape index (κ3) is 3.83. The lowest BCUT2D eigenvalue weighted by molar-refractivity contribution is 0.102. The van der Waals surface area contributed by atoms with E-state index in [2.05, 4.69) is 15.3 Å².